The predicted molar refractivity (Wildman–Crippen MR) is 71.4 cm³/mol. The number of hydrogen-bond donors (Lipinski definition) is 0. The van der Waals surface area contributed by atoms with Gasteiger partial charge >= 0.3 is 0 Å². The van der Waals surface area contributed by atoms with Crippen molar-refractivity contribution in [3.8, 4) is 0 Å². The second-order valence-corrected chi connectivity index (χ2v) is 5.18. The van der Waals surface area contributed by atoms with Crippen molar-refractivity contribution in [3.63, 3.8) is 0 Å². The van der Waals surface area contributed by atoms with Crippen molar-refractivity contribution in [1.29, 1.82) is 0 Å². The first-order valence-electron chi connectivity index (χ1n) is 6.16. The van der Waals surface area contributed by atoms with Crippen LogP contribution in [0.25, 0.3) is 10.8 Å². The minimum atomic E-state index is -0.194. The number of rotatable bonds is 2. The lowest BCUT2D eigenvalue weighted by molar-refractivity contribution is 0.185. The van der Waals surface area contributed by atoms with E-state index in [1.807, 2.05) is 18.2 Å². The highest BCUT2D eigenvalue weighted by molar-refractivity contribution is 6.22. The van der Waals surface area contributed by atoms with Gasteiger partial charge in [0.05, 0.1) is 12.0 Å². The van der Waals surface area contributed by atoms with Gasteiger partial charge in [-0.05, 0) is 23.4 Å². The Balaban J connectivity index is 2.08. The van der Waals surface area contributed by atoms with Gasteiger partial charge in [0, 0.05) is 17.9 Å². The average Bonchev–Trinajstić information content (AvgIpc) is 2.93. The molecule has 0 N–H and O–H groups in total. The lowest BCUT2D eigenvalue weighted by Gasteiger charge is -2.18. The first-order valence-corrected chi connectivity index (χ1v) is 6.60. The Labute approximate surface area is 111 Å². The molecule has 2 unspecified atom stereocenters. The molecule has 0 bridgehead atoms. The van der Waals surface area contributed by atoms with Crippen molar-refractivity contribution >= 4 is 22.4 Å². The molecule has 0 radical (unpaired) electrons. The standard InChI is InChI=1S/C15H14ClFO/c16-15(10-7-8-18-9-10)13-5-6-14(17)12-4-2-1-3-11(12)13/h1-6,10,15H,7-9H2. The van der Waals surface area contributed by atoms with Gasteiger partial charge in [-0.3, -0.25) is 0 Å². The van der Waals surface area contributed by atoms with Crippen LogP contribution in [0.1, 0.15) is 17.4 Å². The van der Waals surface area contributed by atoms with E-state index in [2.05, 4.69) is 0 Å². The van der Waals surface area contributed by atoms with Crippen LogP contribution >= 0.6 is 11.6 Å². The van der Waals surface area contributed by atoms with E-state index in [-0.39, 0.29) is 11.2 Å². The quantitative estimate of drug-likeness (QED) is 0.735. The topological polar surface area (TPSA) is 9.23 Å². The molecular weight excluding hydrogens is 251 g/mol. The first kappa shape index (κ1) is 11.9. The molecule has 1 nitrogen and oxygen atoms in total. The first-order chi connectivity index (χ1) is 8.77. The number of fused-ring (bicyclic) bond motifs is 1. The Hall–Kier alpha value is -1.12. The van der Waals surface area contributed by atoms with Crippen LogP contribution < -0.4 is 0 Å². The predicted octanol–water partition coefficient (Wildman–Crippen LogP) is 4.30. The molecule has 2 aromatic carbocycles. The van der Waals surface area contributed by atoms with E-state index in [4.69, 9.17) is 16.3 Å². The summed E-state index contributed by atoms with van der Waals surface area (Å²) in [5.41, 5.74) is 1.00. The summed E-state index contributed by atoms with van der Waals surface area (Å²) in [6, 6.07) is 10.8. The molecule has 0 amide bonds. The maximum atomic E-state index is 13.7. The van der Waals surface area contributed by atoms with Gasteiger partial charge in [-0.15, -0.1) is 11.6 Å². The second-order valence-electron chi connectivity index (χ2n) is 4.71. The van der Waals surface area contributed by atoms with Gasteiger partial charge in [-0.25, -0.2) is 4.39 Å². The molecule has 94 valence electrons. The highest BCUT2D eigenvalue weighted by Gasteiger charge is 2.26. The van der Waals surface area contributed by atoms with Gasteiger partial charge in [0.15, 0.2) is 0 Å². The molecule has 1 aliphatic heterocycles. The monoisotopic (exact) mass is 264 g/mol. The fourth-order valence-corrected chi connectivity index (χ4v) is 2.95. The van der Waals surface area contributed by atoms with Crippen molar-refractivity contribution in [2.24, 2.45) is 5.92 Å². The number of ether oxygens (including phenoxy) is 1. The molecule has 2 aromatic rings. The maximum Gasteiger partial charge on any atom is 0.131 e. The summed E-state index contributed by atoms with van der Waals surface area (Å²) in [5.74, 6) is 0.126. The van der Waals surface area contributed by atoms with Gasteiger partial charge in [-0.1, -0.05) is 30.3 Å². The minimum Gasteiger partial charge on any atom is -0.381 e. The number of benzene rings is 2. The highest BCUT2D eigenvalue weighted by atomic mass is 35.5. The third-order valence-corrected chi connectivity index (χ3v) is 4.17. The SMILES string of the molecule is Fc1ccc(C(Cl)C2CCOC2)c2ccccc12. The zero-order valence-electron chi connectivity index (χ0n) is 9.90. The fourth-order valence-electron chi connectivity index (χ4n) is 2.56. The Kier molecular flexibility index (Phi) is 3.23. The molecule has 0 aromatic heterocycles. The summed E-state index contributed by atoms with van der Waals surface area (Å²) >= 11 is 6.54. The van der Waals surface area contributed by atoms with Crippen molar-refractivity contribution in [3.05, 3.63) is 47.8 Å². The molecule has 2 atom stereocenters. The van der Waals surface area contributed by atoms with Crippen LogP contribution in [-0.4, -0.2) is 13.2 Å². The van der Waals surface area contributed by atoms with Crippen LogP contribution in [-0.2, 0) is 4.74 Å². The number of hydrogen-bond acceptors (Lipinski definition) is 1. The molecule has 0 saturated carbocycles. The molecule has 0 aliphatic carbocycles. The maximum absolute atomic E-state index is 13.7. The molecule has 3 rings (SSSR count). The molecule has 0 spiro atoms. The molecule has 18 heavy (non-hydrogen) atoms. The van der Waals surface area contributed by atoms with Crippen molar-refractivity contribution in [2.75, 3.05) is 13.2 Å². The Morgan fingerprint density at radius 2 is 1.94 bits per heavy atom. The van der Waals surface area contributed by atoms with E-state index in [0.29, 0.717) is 17.9 Å². The molecule has 1 saturated heterocycles. The van der Waals surface area contributed by atoms with Gasteiger partial charge in [-0.2, -0.15) is 0 Å². The lowest BCUT2D eigenvalue weighted by atomic mass is 9.93. The highest BCUT2D eigenvalue weighted by Crippen LogP contribution is 2.38. The van der Waals surface area contributed by atoms with E-state index in [0.717, 1.165) is 24.0 Å². The van der Waals surface area contributed by atoms with Gasteiger partial charge < -0.3 is 4.74 Å². The van der Waals surface area contributed by atoms with Crippen LogP contribution in [0, 0.1) is 11.7 Å². The van der Waals surface area contributed by atoms with Crippen LogP contribution in [0.4, 0.5) is 4.39 Å². The number of halogens is 2. The average molecular weight is 265 g/mol. The van der Waals surface area contributed by atoms with Gasteiger partial charge in [0.2, 0.25) is 0 Å². The van der Waals surface area contributed by atoms with Crippen LogP contribution in [0.5, 0.6) is 0 Å². The summed E-state index contributed by atoms with van der Waals surface area (Å²) in [4.78, 5) is 0. The number of alkyl halides is 1. The van der Waals surface area contributed by atoms with E-state index in [9.17, 15) is 4.39 Å². The zero-order valence-corrected chi connectivity index (χ0v) is 10.7. The molecule has 1 heterocycles. The van der Waals surface area contributed by atoms with Crippen molar-refractivity contribution in [2.45, 2.75) is 11.8 Å². The van der Waals surface area contributed by atoms with Gasteiger partial charge in [0.25, 0.3) is 0 Å². The zero-order chi connectivity index (χ0) is 12.5. The Morgan fingerprint density at radius 3 is 2.67 bits per heavy atom. The largest absolute Gasteiger partial charge is 0.381 e. The van der Waals surface area contributed by atoms with E-state index < -0.39 is 0 Å². The van der Waals surface area contributed by atoms with E-state index in [1.165, 1.54) is 6.07 Å². The van der Waals surface area contributed by atoms with Gasteiger partial charge in [0.1, 0.15) is 5.82 Å². The third kappa shape index (κ3) is 2.00. The lowest BCUT2D eigenvalue weighted by Crippen LogP contribution is -2.08. The van der Waals surface area contributed by atoms with E-state index >= 15 is 0 Å². The van der Waals surface area contributed by atoms with E-state index in [1.54, 1.807) is 12.1 Å². The molecule has 1 aliphatic rings. The smallest absolute Gasteiger partial charge is 0.131 e. The minimum absolute atomic E-state index is 0.113. The van der Waals surface area contributed by atoms with Crippen LogP contribution in [0.3, 0.4) is 0 Å². The summed E-state index contributed by atoms with van der Waals surface area (Å²) in [5, 5.41) is 1.43. The Bertz CT molecular complexity index is 563. The summed E-state index contributed by atoms with van der Waals surface area (Å²) in [7, 11) is 0. The molecule has 1 fully saturated rings. The van der Waals surface area contributed by atoms with Crippen molar-refractivity contribution in [1.82, 2.24) is 0 Å². The summed E-state index contributed by atoms with van der Waals surface area (Å²) < 4.78 is 19.1. The molecular formula is C15H14ClFO. The third-order valence-electron chi connectivity index (χ3n) is 3.58. The fraction of sp³-hybridized carbons (Fsp3) is 0.333. The van der Waals surface area contributed by atoms with Crippen LogP contribution in [0.15, 0.2) is 36.4 Å². The van der Waals surface area contributed by atoms with Crippen molar-refractivity contribution < 1.29 is 9.13 Å². The van der Waals surface area contributed by atoms with Crippen LogP contribution in [0.2, 0.25) is 0 Å². The summed E-state index contributed by atoms with van der Waals surface area (Å²) in [6.07, 6.45) is 0.972. The Morgan fingerprint density at radius 1 is 1.17 bits per heavy atom. The summed E-state index contributed by atoms with van der Waals surface area (Å²) in [6.45, 7) is 1.47. The normalized spacial score (nSPS) is 21.3. The second kappa shape index (κ2) is 4.87. The molecule has 3 heteroatoms.